The van der Waals surface area contributed by atoms with Gasteiger partial charge in [-0.1, -0.05) is 158 Å². The molecule has 204 valence electrons. The van der Waals surface area contributed by atoms with Gasteiger partial charge in [0.25, 0.3) is 0 Å². The van der Waals surface area contributed by atoms with Gasteiger partial charge in [-0.15, -0.1) is 0 Å². The van der Waals surface area contributed by atoms with E-state index < -0.39 is 0 Å². The standard InChI is InChI=1S/C44H28/c1-3-14-30(15-4-1)42-36-21-11-12-22-37(36)43(31-16-5-2-6-17-31)41-28-33(24-26-39(41)42)44-35-20-10-8-18-32(35)27-40-34-19-9-7-13-29(34)23-25-38(40)44/h1-28H. The molecule has 0 radical (unpaired) electrons. The van der Waals surface area contributed by atoms with Crippen molar-refractivity contribution in [3.63, 3.8) is 0 Å². The molecule has 9 aromatic carbocycles. The van der Waals surface area contributed by atoms with Gasteiger partial charge >= 0.3 is 0 Å². The summed E-state index contributed by atoms with van der Waals surface area (Å²) in [4.78, 5) is 0. The van der Waals surface area contributed by atoms with Crippen LogP contribution in [0.5, 0.6) is 0 Å². The van der Waals surface area contributed by atoms with Crippen molar-refractivity contribution in [2.24, 2.45) is 0 Å². The molecule has 0 fully saturated rings. The first kappa shape index (κ1) is 24.8. The van der Waals surface area contributed by atoms with Crippen molar-refractivity contribution in [3.8, 4) is 33.4 Å². The molecule has 44 heavy (non-hydrogen) atoms. The minimum atomic E-state index is 1.24. The van der Waals surface area contributed by atoms with Gasteiger partial charge in [-0.05, 0) is 99.4 Å². The van der Waals surface area contributed by atoms with Crippen molar-refractivity contribution in [2.45, 2.75) is 0 Å². The second-order valence-corrected chi connectivity index (χ2v) is 11.6. The lowest BCUT2D eigenvalue weighted by atomic mass is 9.83. The number of fused-ring (bicyclic) bond motifs is 6. The Morgan fingerprint density at radius 2 is 0.659 bits per heavy atom. The molecule has 0 aromatic heterocycles. The maximum absolute atomic E-state index is 2.45. The molecule has 0 aliphatic heterocycles. The third-order valence-corrected chi connectivity index (χ3v) is 9.21. The van der Waals surface area contributed by atoms with Gasteiger partial charge in [-0.25, -0.2) is 0 Å². The molecule has 0 heterocycles. The Morgan fingerprint density at radius 3 is 1.34 bits per heavy atom. The number of rotatable bonds is 3. The Labute approximate surface area is 256 Å². The van der Waals surface area contributed by atoms with E-state index in [4.69, 9.17) is 0 Å². The Kier molecular flexibility index (Phi) is 5.61. The van der Waals surface area contributed by atoms with E-state index in [2.05, 4.69) is 170 Å². The molecule has 0 saturated heterocycles. The van der Waals surface area contributed by atoms with Crippen LogP contribution in [0, 0.1) is 0 Å². The monoisotopic (exact) mass is 556 g/mol. The fraction of sp³-hybridized carbons (Fsp3) is 0. The third kappa shape index (κ3) is 3.78. The summed E-state index contributed by atoms with van der Waals surface area (Å²) in [5, 5.41) is 12.8. The lowest BCUT2D eigenvalue weighted by molar-refractivity contribution is 1.65. The van der Waals surface area contributed by atoms with Crippen molar-refractivity contribution >= 4 is 53.9 Å². The van der Waals surface area contributed by atoms with Crippen LogP contribution < -0.4 is 0 Å². The van der Waals surface area contributed by atoms with Crippen LogP contribution in [-0.4, -0.2) is 0 Å². The third-order valence-electron chi connectivity index (χ3n) is 9.21. The zero-order valence-corrected chi connectivity index (χ0v) is 24.2. The van der Waals surface area contributed by atoms with Gasteiger partial charge in [0.05, 0.1) is 0 Å². The van der Waals surface area contributed by atoms with Crippen molar-refractivity contribution in [3.05, 3.63) is 170 Å². The molecule has 0 aliphatic carbocycles. The molecule has 0 amide bonds. The number of benzene rings is 9. The summed E-state index contributed by atoms with van der Waals surface area (Å²) in [5.41, 5.74) is 7.58. The highest BCUT2D eigenvalue weighted by molar-refractivity contribution is 6.24. The summed E-state index contributed by atoms with van der Waals surface area (Å²) >= 11 is 0. The van der Waals surface area contributed by atoms with E-state index in [1.165, 1.54) is 87.2 Å². The van der Waals surface area contributed by atoms with Crippen LogP contribution in [0.1, 0.15) is 0 Å². The fourth-order valence-corrected chi connectivity index (χ4v) is 7.30. The normalized spacial score (nSPS) is 11.6. The molecule has 0 N–H and O–H groups in total. The zero-order chi connectivity index (χ0) is 29.0. The average Bonchev–Trinajstić information content (AvgIpc) is 3.10. The van der Waals surface area contributed by atoms with Crippen LogP contribution in [-0.2, 0) is 0 Å². The van der Waals surface area contributed by atoms with E-state index >= 15 is 0 Å². The molecule has 0 spiro atoms. The van der Waals surface area contributed by atoms with Crippen molar-refractivity contribution in [1.82, 2.24) is 0 Å². The molecule has 0 aliphatic rings. The molecule has 9 aromatic rings. The summed E-state index contributed by atoms with van der Waals surface area (Å²) in [5.74, 6) is 0. The second kappa shape index (κ2) is 9.93. The highest BCUT2D eigenvalue weighted by Crippen LogP contribution is 2.46. The summed E-state index contributed by atoms with van der Waals surface area (Å²) < 4.78 is 0. The zero-order valence-electron chi connectivity index (χ0n) is 24.2. The van der Waals surface area contributed by atoms with E-state index in [-0.39, 0.29) is 0 Å². The summed E-state index contributed by atoms with van der Waals surface area (Å²) in [6, 6.07) is 62.3. The molecule has 0 unspecified atom stereocenters. The largest absolute Gasteiger partial charge is 0.0622 e. The van der Waals surface area contributed by atoms with Gasteiger partial charge in [-0.2, -0.15) is 0 Å². The maximum Gasteiger partial charge on any atom is -0.00262 e. The first-order valence-corrected chi connectivity index (χ1v) is 15.3. The molecule has 0 atom stereocenters. The average molecular weight is 557 g/mol. The highest BCUT2D eigenvalue weighted by Gasteiger charge is 2.19. The van der Waals surface area contributed by atoms with Crippen molar-refractivity contribution < 1.29 is 0 Å². The van der Waals surface area contributed by atoms with Gasteiger partial charge in [0.15, 0.2) is 0 Å². The van der Waals surface area contributed by atoms with E-state index in [0.29, 0.717) is 0 Å². The molecular formula is C44H28. The summed E-state index contributed by atoms with van der Waals surface area (Å²) in [6.07, 6.45) is 0. The smallest absolute Gasteiger partial charge is 0.00262 e. The molecule has 0 bridgehead atoms. The van der Waals surface area contributed by atoms with Crippen LogP contribution in [0.15, 0.2) is 170 Å². The van der Waals surface area contributed by atoms with E-state index in [0.717, 1.165) is 0 Å². The Hall–Kier alpha value is -5.72. The van der Waals surface area contributed by atoms with Crippen LogP contribution in [0.3, 0.4) is 0 Å². The van der Waals surface area contributed by atoms with Crippen LogP contribution in [0.2, 0.25) is 0 Å². The lowest BCUT2D eigenvalue weighted by Crippen LogP contribution is -1.92. The molecule has 0 heteroatoms. The second-order valence-electron chi connectivity index (χ2n) is 11.6. The highest BCUT2D eigenvalue weighted by atomic mass is 14.2. The van der Waals surface area contributed by atoms with Gasteiger partial charge < -0.3 is 0 Å². The number of hydrogen-bond donors (Lipinski definition) is 0. The Morgan fingerprint density at radius 1 is 0.205 bits per heavy atom. The first-order chi connectivity index (χ1) is 21.8. The van der Waals surface area contributed by atoms with E-state index in [1.807, 2.05) is 0 Å². The van der Waals surface area contributed by atoms with Crippen molar-refractivity contribution in [1.29, 1.82) is 0 Å². The summed E-state index contributed by atoms with van der Waals surface area (Å²) in [7, 11) is 0. The lowest BCUT2D eigenvalue weighted by Gasteiger charge is -2.20. The topological polar surface area (TPSA) is 0 Å². The summed E-state index contributed by atoms with van der Waals surface area (Å²) in [6.45, 7) is 0. The number of hydrogen-bond acceptors (Lipinski definition) is 0. The maximum atomic E-state index is 2.45. The predicted octanol–water partition coefficient (Wildman–Crippen LogP) is 12.5. The van der Waals surface area contributed by atoms with Gasteiger partial charge in [0, 0.05) is 0 Å². The molecule has 9 rings (SSSR count). The first-order valence-electron chi connectivity index (χ1n) is 15.3. The molecule has 0 saturated carbocycles. The molecule has 0 nitrogen and oxygen atoms in total. The van der Waals surface area contributed by atoms with Crippen LogP contribution in [0.4, 0.5) is 0 Å². The van der Waals surface area contributed by atoms with E-state index in [9.17, 15) is 0 Å². The van der Waals surface area contributed by atoms with Crippen molar-refractivity contribution in [2.75, 3.05) is 0 Å². The molecular weight excluding hydrogens is 528 g/mol. The Balaban J connectivity index is 1.46. The van der Waals surface area contributed by atoms with Crippen LogP contribution >= 0.6 is 0 Å². The quantitative estimate of drug-likeness (QED) is 0.150. The Bertz CT molecular complexity index is 2520. The van der Waals surface area contributed by atoms with E-state index in [1.54, 1.807) is 0 Å². The van der Waals surface area contributed by atoms with Gasteiger partial charge in [0.2, 0.25) is 0 Å². The van der Waals surface area contributed by atoms with Gasteiger partial charge in [0.1, 0.15) is 0 Å². The van der Waals surface area contributed by atoms with Gasteiger partial charge in [-0.3, -0.25) is 0 Å². The SMILES string of the molecule is c1ccc(-c2c3ccccc3c(-c3ccccc3)c3cc(-c4c5ccccc5cc5c4ccc4ccccc45)ccc23)cc1. The predicted molar refractivity (Wildman–Crippen MR) is 190 cm³/mol. The fourth-order valence-electron chi connectivity index (χ4n) is 7.30. The van der Waals surface area contributed by atoms with Crippen LogP contribution in [0.25, 0.3) is 87.2 Å². The minimum Gasteiger partial charge on any atom is -0.0622 e. The minimum absolute atomic E-state index is 1.24.